The molecular formula is C41H39NO8. The molecule has 1 saturated heterocycles. The molecule has 0 spiro atoms. The first-order chi connectivity index (χ1) is 24.2. The van der Waals surface area contributed by atoms with Crippen LogP contribution >= 0.6 is 0 Å². The minimum atomic E-state index is -1.45. The molecule has 2 fully saturated rings. The Hall–Kier alpha value is -5.31. The van der Waals surface area contributed by atoms with E-state index in [4.69, 9.17) is 9.84 Å². The maximum Gasteiger partial charge on any atom is 0.303 e. The van der Waals surface area contributed by atoms with Gasteiger partial charge in [-0.2, -0.15) is 0 Å². The number of rotatable bonds is 10. The summed E-state index contributed by atoms with van der Waals surface area (Å²) in [6.07, 6.45) is 5.40. The van der Waals surface area contributed by atoms with Crippen molar-refractivity contribution in [1.82, 2.24) is 4.90 Å². The number of aliphatic carboxylic acids is 1. The van der Waals surface area contributed by atoms with Crippen LogP contribution in [0.2, 0.25) is 0 Å². The summed E-state index contributed by atoms with van der Waals surface area (Å²) >= 11 is 0. The van der Waals surface area contributed by atoms with E-state index >= 15 is 4.79 Å². The quantitative estimate of drug-likeness (QED) is 0.155. The Kier molecular flexibility index (Phi) is 8.76. The summed E-state index contributed by atoms with van der Waals surface area (Å²) in [4.78, 5) is 70.4. The van der Waals surface area contributed by atoms with Crippen molar-refractivity contribution in [2.45, 2.75) is 49.9 Å². The average molecular weight is 674 g/mol. The van der Waals surface area contributed by atoms with Gasteiger partial charge in [0, 0.05) is 35.9 Å². The third kappa shape index (κ3) is 5.18. The molecule has 256 valence electrons. The monoisotopic (exact) mass is 673 g/mol. The molecule has 3 aliphatic carbocycles. The smallest absolute Gasteiger partial charge is 0.303 e. The Morgan fingerprint density at radius 3 is 2.30 bits per heavy atom. The van der Waals surface area contributed by atoms with E-state index in [-0.39, 0.29) is 60.7 Å². The second kappa shape index (κ2) is 13.2. The van der Waals surface area contributed by atoms with Gasteiger partial charge < -0.3 is 14.9 Å². The highest BCUT2D eigenvalue weighted by atomic mass is 16.5. The maximum absolute atomic E-state index is 15.1. The van der Waals surface area contributed by atoms with Gasteiger partial charge in [0.15, 0.2) is 23.1 Å². The molecule has 50 heavy (non-hydrogen) atoms. The fraction of sp³-hybridized carbons (Fsp3) is 0.341. The molecule has 1 saturated carbocycles. The number of methoxy groups -OCH3 is 1. The second-order valence-corrected chi connectivity index (χ2v) is 13.7. The molecule has 1 aliphatic heterocycles. The van der Waals surface area contributed by atoms with Crippen molar-refractivity contribution in [2.75, 3.05) is 13.7 Å². The number of ether oxygens (including phenoxy) is 1. The molecule has 3 aromatic carbocycles. The zero-order valence-electron chi connectivity index (χ0n) is 27.8. The molecule has 1 heterocycles. The lowest BCUT2D eigenvalue weighted by molar-refractivity contribution is -0.141. The third-order valence-electron chi connectivity index (χ3n) is 11.3. The van der Waals surface area contributed by atoms with Gasteiger partial charge >= 0.3 is 5.97 Å². The molecule has 9 nitrogen and oxygen atoms in total. The van der Waals surface area contributed by atoms with Gasteiger partial charge in [-0.15, -0.1) is 0 Å². The summed E-state index contributed by atoms with van der Waals surface area (Å²) < 4.78 is 5.52. The fourth-order valence-electron chi connectivity index (χ4n) is 9.16. The van der Waals surface area contributed by atoms with E-state index in [0.29, 0.717) is 41.5 Å². The maximum atomic E-state index is 15.1. The number of ketones is 2. The van der Waals surface area contributed by atoms with Crippen LogP contribution in [0.4, 0.5) is 0 Å². The lowest BCUT2D eigenvalue weighted by atomic mass is 9.44. The molecule has 0 unspecified atom stereocenters. The number of phenols is 1. The van der Waals surface area contributed by atoms with E-state index in [2.05, 4.69) is 0 Å². The van der Waals surface area contributed by atoms with Crippen molar-refractivity contribution in [3.8, 4) is 11.5 Å². The van der Waals surface area contributed by atoms with Gasteiger partial charge in [-0.3, -0.25) is 28.9 Å². The van der Waals surface area contributed by atoms with Gasteiger partial charge in [0.05, 0.1) is 24.4 Å². The van der Waals surface area contributed by atoms with Crippen molar-refractivity contribution in [3.05, 3.63) is 113 Å². The molecule has 6 atom stereocenters. The SMILES string of the molecule is COc1cccc([C@H]2C3=CC[C@@H]4C(=O)N(CCCCCC(=O)O)C(=O)[C@@H]4[C@@H]3C[C@H]3C(=O)C(c4ccccc4)=CC(=O)[C@@]23c2ccccc2)c1O. The van der Waals surface area contributed by atoms with Crippen molar-refractivity contribution in [3.63, 3.8) is 0 Å². The number of nitrogens with zero attached hydrogens (tertiary/aromatic N) is 1. The van der Waals surface area contributed by atoms with Crippen molar-refractivity contribution < 1.29 is 38.9 Å². The number of aromatic hydroxyl groups is 1. The largest absolute Gasteiger partial charge is 0.504 e. The molecule has 7 rings (SSSR count). The number of carbonyl (C=O) groups is 5. The number of allylic oxidation sites excluding steroid dienone is 4. The summed E-state index contributed by atoms with van der Waals surface area (Å²) in [5.41, 5.74) is 1.28. The standard InChI is InChI=1S/C41H39NO8/c1-50-32-17-11-16-28(38(32)47)36-26-19-20-27-35(40(49)42(39(27)48)21-10-4-9-18-34(44)45)30(26)22-31-37(46)29(24-12-5-2-6-13-24)23-33(43)41(31,36)25-14-7-3-8-15-25/h2-3,5-8,11-17,19,23,27,30-31,35-36,47H,4,9-10,18,20-22H2,1H3,(H,44,45)/t27-,30+,31-,35-,36+,41-/m0/s1. The zero-order valence-corrected chi connectivity index (χ0v) is 27.8. The minimum absolute atomic E-state index is 0.0255. The van der Waals surface area contributed by atoms with Crippen molar-refractivity contribution >= 4 is 34.9 Å². The van der Waals surface area contributed by atoms with E-state index < -0.39 is 41.0 Å². The Morgan fingerprint density at radius 2 is 1.60 bits per heavy atom. The molecule has 2 amide bonds. The number of likely N-dealkylation sites (tertiary alicyclic amines) is 1. The second-order valence-electron chi connectivity index (χ2n) is 13.7. The highest BCUT2D eigenvalue weighted by molar-refractivity contribution is 6.31. The van der Waals surface area contributed by atoms with Crippen LogP contribution < -0.4 is 4.74 Å². The number of phenolic OH excluding ortho intramolecular Hbond substituents is 1. The number of unbranched alkanes of at least 4 members (excludes halogenated alkanes) is 2. The van der Waals surface area contributed by atoms with Crippen LogP contribution in [0.1, 0.15) is 61.1 Å². The Balaban J connectivity index is 1.39. The first-order valence-corrected chi connectivity index (χ1v) is 17.2. The number of benzene rings is 3. The molecule has 0 bridgehead atoms. The molecule has 2 N–H and O–H groups in total. The normalized spacial score (nSPS) is 27.2. The first-order valence-electron chi connectivity index (χ1n) is 17.2. The van der Waals surface area contributed by atoms with E-state index in [1.165, 1.54) is 18.1 Å². The number of hydrogen-bond donors (Lipinski definition) is 2. The molecule has 9 heteroatoms. The number of para-hydroxylation sites is 1. The third-order valence-corrected chi connectivity index (χ3v) is 11.3. The highest BCUT2D eigenvalue weighted by Crippen LogP contribution is 2.64. The van der Waals surface area contributed by atoms with Crippen molar-refractivity contribution in [2.24, 2.45) is 23.7 Å². The number of carbonyl (C=O) groups excluding carboxylic acids is 4. The molecule has 3 aromatic rings. The molecule has 0 radical (unpaired) electrons. The summed E-state index contributed by atoms with van der Waals surface area (Å²) in [5, 5.41) is 20.7. The van der Waals surface area contributed by atoms with Gasteiger partial charge in [0.1, 0.15) is 0 Å². The van der Waals surface area contributed by atoms with Gasteiger partial charge in [-0.05, 0) is 54.9 Å². The van der Waals surface area contributed by atoms with Crippen LogP contribution in [0, 0.1) is 23.7 Å². The summed E-state index contributed by atoms with van der Waals surface area (Å²) in [7, 11) is 1.45. The van der Waals surface area contributed by atoms with Crippen LogP contribution in [-0.4, -0.2) is 58.1 Å². The van der Waals surface area contributed by atoms with Crippen LogP contribution in [0.15, 0.2) is 96.6 Å². The zero-order chi connectivity index (χ0) is 35.2. The highest BCUT2D eigenvalue weighted by Gasteiger charge is 2.66. The Labute approximate surface area is 290 Å². The predicted octanol–water partition coefficient (Wildman–Crippen LogP) is 5.87. The summed E-state index contributed by atoms with van der Waals surface area (Å²) in [6, 6.07) is 23.4. The number of Topliss-reactive ketones (excluding diaryl/α,β-unsaturated/α-hetero) is 1. The van der Waals surface area contributed by atoms with Crippen LogP contribution in [0.5, 0.6) is 11.5 Å². The minimum Gasteiger partial charge on any atom is -0.504 e. The van der Waals surface area contributed by atoms with E-state index in [9.17, 15) is 24.3 Å². The van der Waals surface area contributed by atoms with Gasteiger partial charge in [-0.25, -0.2) is 0 Å². The molecular weight excluding hydrogens is 634 g/mol. The topological polar surface area (TPSA) is 138 Å². The fourth-order valence-corrected chi connectivity index (χ4v) is 9.16. The Morgan fingerprint density at radius 1 is 0.880 bits per heavy atom. The number of amides is 2. The molecule has 0 aromatic heterocycles. The lowest BCUT2D eigenvalue weighted by Crippen LogP contribution is -2.58. The Bertz CT molecular complexity index is 1930. The van der Waals surface area contributed by atoms with Gasteiger partial charge in [-0.1, -0.05) is 90.9 Å². The number of hydrogen-bond acceptors (Lipinski definition) is 7. The van der Waals surface area contributed by atoms with Crippen molar-refractivity contribution in [1.29, 1.82) is 0 Å². The summed E-state index contributed by atoms with van der Waals surface area (Å²) in [5.74, 6) is -5.52. The number of fused-ring (bicyclic) bond motifs is 4. The predicted molar refractivity (Wildman–Crippen MR) is 184 cm³/mol. The summed E-state index contributed by atoms with van der Waals surface area (Å²) in [6.45, 7) is 0.197. The lowest BCUT2D eigenvalue weighted by Gasteiger charge is -2.55. The van der Waals surface area contributed by atoms with Crippen LogP contribution in [0.3, 0.4) is 0 Å². The van der Waals surface area contributed by atoms with Gasteiger partial charge in [0.2, 0.25) is 11.8 Å². The number of carboxylic acid groups (broad SMARTS) is 1. The number of carboxylic acids is 1. The van der Waals surface area contributed by atoms with Crippen LogP contribution in [-0.2, 0) is 29.4 Å². The van der Waals surface area contributed by atoms with E-state index in [1.54, 1.807) is 30.3 Å². The van der Waals surface area contributed by atoms with Crippen LogP contribution in [0.25, 0.3) is 5.57 Å². The van der Waals surface area contributed by atoms with Gasteiger partial charge in [0.25, 0.3) is 0 Å². The van der Waals surface area contributed by atoms with E-state index in [0.717, 1.165) is 5.57 Å². The number of imide groups is 1. The first kappa shape index (κ1) is 33.2. The molecule has 4 aliphatic rings. The van der Waals surface area contributed by atoms with E-state index in [1.807, 2.05) is 54.6 Å². The average Bonchev–Trinajstić information content (AvgIpc) is 3.37.